The Hall–Kier alpha value is -3.55. The fourth-order valence-corrected chi connectivity index (χ4v) is 3.77. The van der Waals surface area contributed by atoms with Crippen LogP contribution in [-0.2, 0) is 4.79 Å². The molecule has 4 N–H and O–H groups in total. The molecule has 0 saturated carbocycles. The van der Waals surface area contributed by atoms with E-state index < -0.39 is 0 Å². The van der Waals surface area contributed by atoms with E-state index >= 15 is 0 Å². The molecule has 8 heteroatoms. The molecule has 1 aliphatic rings. The van der Waals surface area contributed by atoms with Crippen molar-refractivity contribution in [3.05, 3.63) is 53.6 Å². The zero-order valence-electron chi connectivity index (χ0n) is 18.8. The summed E-state index contributed by atoms with van der Waals surface area (Å²) < 4.78 is 0. The lowest BCUT2D eigenvalue weighted by Gasteiger charge is -2.32. The molecule has 1 atom stereocenters. The van der Waals surface area contributed by atoms with Crippen molar-refractivity contribution in [3.8, 4) is 0 Å². The first-order valence-electron chi connectivity index (χ1n) is 10.9. The Bertz CT molecular complexity index is 974. The van der Waals surface area contributed by atoms with E-state index in [0.717, 1.165) is 29.7 Å². The first-order valence-corrected chi connectivity index (χ1v) is 10.9. The third kappa shape index (κ3) is 6.23. The molecule has 1 heterocycles. The number of aryl methyl sites for hydroxylation is 2. The van der Waals surface area contributed by atoms with Gasteiger partial charge in [0.25, 0.3) is 0 Å². The van der Waals surface area contributed by atoms with Gasteiger partial charge in [-0.1, -0.05) is 17.7 Å². The van der Waals surface area contributed by atoms with Gasteiger partial charge in [0.2, 0.25) is 5.91 Å². The molecule has 5 amide bonds. The van der Waals surface area contributed by atoms with Gasteiger partial charge in [-0.25, -0.2) is 9.59 Å². The fourth-order valence-electron chi connectivity index (χ4n) is 3.77. The summed E-state index contributed by atoms with van der Waals surface area (Å²) in [5, 5.41) is 11.3. The smallest absolute Gasteiger partial charge is 0.323 e. The molecule has 1 aliphatic heterocycles. The number of carbonyl (C=O) groups is 3. The molecule has 32 heavy (non-hydrogen) atoms. The second-order valence-electron chi connectivity index (χ2n) is 8.08. The van der Waals surface area contributed by atoms with Gasteiger partial charge in [-0.3, -0.25) is 4.79 Å². The van der Waals surface area contributed by atoms with Gasteiger partial charge >= 0.3 is 12.1 Å². The summed E-state index contributed by atoms with van der Waals surface area (Å²) in [5.41, 5.74) is 4.11. The number of hydrogen-bond donors (Lipinski definition) is 4. The predicted octanol–water partition coefficient (Wildman–Crippen LogP) is 4.33. The Morgan fingerprint density at radius 1 is 0.969 bits per heavy atom. The molecule has 2 aromatic rings. The predicted molar refractivity (Wildman–Crippen MR) is 127 cm³/mol. The van der Waals surface area contributed by atoms with Crippen molar-refractivity contribution in [2.75, 3.05) is 35.6 Å². The van der Waals surface area contributed by atoms with E-state index in [1.165, 1.54) is 0 Å². The molecule has 1 unspecified atom stereocenters. The van der Waals surface area contributed by atoms with Crippen LogP contribution in [0.5, 0.6) is 0 Å². The summed E-state index contributed by atoms with van der Waals surface area (Å²) >= 11 is 0. The summed E-state index contributed by atoms with van der Waals surface area (Å²) in [7, 11) is 0. The average molecular weight is 438 g/mol. The number of amides is 5. The molecular formula is C24H31N5O3. The normalized spacial score (nSPS) is 15.6. The van der Waals surface area contributed by atoms with Crippen LogP contribution in [0.2, 0.25) is 0 Å². The van der Waals surface area contributed by atoms with E-state index in [4.69, 9.17) is 0 Å². The van der Waals surface area contributed by atoms with Gasteiger partial charge in [-0.15, -0.1) is 0 Å². The molecule has 3 rings (SSSR count). The summed E-state index contributed by atoms with van der Waals surface area (Å²) in [6.07, 6.45) is 1.59. The van der Waals surface area contributed by atoms with Gasteiger partial charge in [0.15, 0.2) is 0 Å². The van der Waals surface area contributed by atoms with Gasteiger partial charge in [0, 0.05) is 36.7 Å². The lowest BCUT2D eigenvalue weighted by Crippen LogP contribution is -2.46. The maximum atomic E-state index is 12.6. The number of urea groups is 2. The number of anilines is 3. The van der Waals surface area contributed by atoms with Crippen molar-refractivity contribution >= 4 is 35.0 Å². The van der Waals surface area contributed by atoms with Crippen LogP contribution in [0.25, 0.3) is 0 Å². The van der Waals surface area contributed by atoms with Crippen LogP contribution in [0.1, 0.15) is 30.9 Å². The van der Waals surface area contributed by atoms with Crippen LogP contribution >= 0.6 is 0 Å². The van der Waals surface area contributed by atoms with Crippen molar-refractivity contribution < 1.29 is 14.4 Å². The van der Waals surface area contributed by atoms with Crippen LogP contribution in [0.3, 0.4) is 0 Å². The van der Waals surface area contributed by atoms with E-state index in [9.17, 15) is 14.4 Å². The zero-order chi connectivity index (χ0) is 23.1. The van der Waals surface area contributed by atoms with Crippen molar-refractivity contribution in [1.82, 2.24) is 10.2 Å². The van der Waals surface area contributed by atoms with Crippen molar-refractivity contribution in [2.45, 2.75) is 33.6 Å². The molecule has 1 fully saturated rings. The first kappa shape index (κ1) is 23.1. The highest BCUT2D eigenvalue weighted by molar-refractivity contribution is 6.00. The van der Waals surface area contributed by atoms with Gasteiger partial charge in [0.05, 0.1) is 5.92 Å². The molecule has 1 saturated heterocycles. The minimum absolute atomic E-state index is 0.000431. The molecule has 0 aromatic heterocycles. The lowest BCUT2D eigenvalue weighted by atomic mass is 9.97. The molecular weight excluding hydrogens is 406 g/mol. The maximum Gasteiger partial charge on any atom is 0.323 e. The second kappa shape index (κ2) is 10.7. The molecule has 8 nitrogen and oxygen atoms in total. The van der Waals surface area contributed by atoms with Crippen LogP contribution in [0, 0.1) is 19.8 Å². The number of likely N-dealkylation sites (tertiary alicyclic amines) is 1. The van der Waals surface area contributed by atoms with Crippen molar-refractivity contribution in [1.29, 1.82) is 0 Å². The minimum atomic E-state index is -0.335. The Kier molecular flexibility index (Phi) is 7.70. The quantitative estimate of drug-likeness (QED) is 0.560. The zero-order valence-corrected chi connectivity index (χ0v) is 18.8. The van der Waals surface area contributed by atoms with Crippen molar-refractivity contribution in [2.24, 2.45) is 5.92 Å². The van der Waals surface area contributed by atoms with Gasteiger partial charge in [-0.05, 0) is 69.5 Å². The van der Waals surface area contributed by atoms with Gasteiger partial charge < -0.3 is 26.2 Å². The van der Waals surface area contributed by atoms with Crippen molar-refractivity contribution in [3.63, 3.8) is 0 Å². The number of rotatable bonds is 5. The number of carbonyl (C=O) groups excluding carboxylic acids is 3. The van der Waals surface area contributed by atoms with Crippen LogP contribution in [-0.4, -0.2) is 42.5 Å². The van der Waals surface area contributed by atoms with Gasteiger partial charge in [-0.2, -0.15) is 0 Å². The summed E-state index contributed by atoms with van der Waals surface area (Å²) in [5.74, 6) is -0.170. The third-order valence-corrected chi connectivity index (χ3v) is 5.45. The van der Waals surface area contributed by atoms with Crippen LogP contribution in [0.15, 0.2) is 42.5 Å². The van der Waals surface area contributed by atoms with E-state index in [1.807, 2.05) is 39.0 Å². The number of piperidine rings is 1. The fraction of sp³-hybridized carbons (Fsp3) is 0.375. The summed E-state index contributed by atoms with van der Waals surface area (Å²) in [4.78, 5) is 38.7. The van der Waals surface area contributed by atoms with E-state index in [-0.39, 0.29) is 23.9 Å². The standard InChI is InChI=1S/C24H31N5O3/c1-4-25-22(30)18-6-5-13-29(15-18)24(32)27-20-10-8-19(9-11-20)26-23(31)28-21-12-7-16(2)14-17(21)3/h7-12,14,18H,4-6,13,15H2,1-3H3,(H,25,30)(H,27,32)(H2,26,28,31). The molecule has 0 radical (unpaired) electrons. The second-order valence-corrected chi connectivity index (χ2v) is 8.08. The lowest BCUT2D eigenvalue weighted by molar-refractivity contribution is -0.126. The maximum absolute atomic E-state index is 12.6. The SMILES string of the molecule is CCNC(=O)C1CCCN(C(=O)Nc2ccc(NC(=O)Nc3ccc(C)cc3C)cc2)C1. The Morgan fingerprint density at radius 3 is 2.31 bits per heavy atom. The highest BCUT2D eigenvalue weighted by Crippen LogP contribution is 2.20. The number of hydrogen-bond acceptors (Lipinski definition) is 3. The Morgan fingerprint density at radius 2 is 1.66 bits per heavy atom. The number of benzene rings is 2. The molecule has 0 aliphatic carbocycles. The molecule has 2 aromatic carbocycles. The Balaban J connectivity index is 1.52. The molecule has 170 valence electrons. The topological polar surface area (TPSA) is 103 Å². The van der Waals surface area contributed by atoms with Crippen LogP contribution < -0.4 is 21.3 Å². The van der Waals surface area contributed by atoms with E-state index in [1.54, 1.807) is 29.2 Å². The third-order valence-electron chi connectivity index (χ3n) is 5.45. The Labute approximate surface area is 188 Å². The van der Waals surface area contributed by atoms with Crippen LogP contribution in [0.4, 0.5) is 26.7 Å². The monoisotopic (exact) mass is 437 g/mol. The largest absolute Gasteiger partial charge is 0.356 e. The minimum Gasteiger partial charge on any atom is -0.356 e. The van der Waals surface area contributed by atoms with Gasteiger partial charge in [0.1, 0.15) is 0 Å². The number of nitrogens with one attached hydrogen (secondary N) is 4. The highest BCUT2D eigenvalue weighted by atomic mass is 16.2. The average Bonchev–Trinajstić information content (AvgIpc) is 2.77. The van der Waals surface area contributed by atoms with E-state index in [2.05, 4.69) is 21.3 Å². The van der Waals surface area contributed by atoms with E-state index in [0.29, 0.717) is 31.0 Å². The summed E-state index contributed by atoms with van der Waals surface area (Å²) in [6, 6.07) is 12.2. The number of nitrogens with zero attached hydrogens (tertiary/aromatic N) is 1. The molecule has 0 bridgehead atoms. The summed E-state index contributed by atoms with van der Waals surface area (Å²) in [6.45, 7) is 7.46. The molecule has 0 spiro atoms. The first-order chi connectivity index (χ1) is 15.4. The highest BCUT2D eigenvalue weighted by Gasteiger charge is 2.28.